The first-order valence-electron chi connectivity index (χ1n) is 6.22. The molecule has 0 aliphatic rings. The molecule has 0 aliphatic heterocycles. The summed E-state index contributed by atoms with van der Waals surface area (Å²) in [6.07, 6.45) is 1.60. The van der Waals surface area contributed by atoms with Crippen molar-refractivity contribution in [1.29, 1.82) is 0 Å². The summed E-state index contributed by atoms with van der Waals surface area (Å²) >= 11 is 6.03. The van der Waals surface area contributed by atoms with Crippen molar-refractivity contribution in [2.75, 3.05) is 0 Å². The van der Waals surface area contributed by atoms with Crippen molar-refractivity contribution >= 4 is 23.7 Å². The highest BCUT2D eigenvalue weighted by atomic mass is 35.5. The molecule has 1 amide bonds. The summed E-state index contributed by atoms with van der Waals surface area (Å²) in [6, 6.07) is 13.1. The Bertz CT molecular complexity index is 648. The van der Waals surface area contributed by atoms with Crippen LogP contribution in [0.5, 0.6) is 0 Å². The smallest absolute Gasteiger partial charge is 0.267 e. The second-order valence-electron chi connectivity index (χ2n) is 4.59. The van der Waals surface area contributed by atoms with Crippen LogP contribution in [0.3, 0.4) is 0 Å². The lowest BCUT2D eigenvalue weighted by atomic mass is 10.1. The first-order chi connectivity index (χ1) is 9.56. The average molecular weight is 287 g/mol. The lowest BCUT2D eigenvalue weighted by Crippen LogP contribution is -2.18. The molecular formula is C16H15ClN2O. The number of aryl methyl sites for hydroxylation is 2. The van der Waals surface area contributed by atoms with Gasteiger partial charge in [-0.05, 0) is 37.1 Å². The highest BCUT2D eigenvalue weighted by molar-refractivity contribution is 6.33. The number of carbonyl (C=O) groups excluding carboxylic acids is 1. The predicted octanol–water partition coefficient (Wildman–Crippen LogP) is 3.72. The topological polar surface area (TPSA) is 41.5 Å². The van der Waals surface area contributed by atoms with Gasteiger partial charge in [-0.15, -0.1) is 0 Å². The fourth-order valence-electron chi connectivity index (χ4n) is 1.68. The SMILES string of the molecule is Cc1ccc(/C=N\NC(=O)c2ccc(C)cc2Cl)cc1. The number of hydrogen-bond donors (Lipinski definition) is 1. The standard InChI is InChI=1S/C16H15ClN2O/c1-11-3-6-13(7-4-11)10-18-19-16(20)14-8-5-12(2)9-15(14)17/h3-10H,1-2H3,(H,19,20)/b18-10-. The van der Waals surface area contributed by atoms with Gasteiger partial charge in [-0.25, -0.2) is 5.43 Å². The summed E-state index contributed by atoms with van der Waals surface area (Å²) in [4.78, 5) is 11.9. The summed E-state index contributed by atoms with van der Waals surface area (Å²) in [7, 11) is 0. The van der Waals surface area contributed by atoms with Crippen molar-refractivity contribution in [3.63, 3.8) is 0 Å². The summed E-state index contributed by atoms with van der Waals surface area (Å²) in [5.74, 6) is -0.321. The zero-order valence-electron chi connectivity index (χ0n) is 11.4. The Hall–Kier alpha value is -2.13. The Morgan fingerprint density at radius 3 is 2.40 bits per heavy atom. The van der Waals surface area contributed by atoms with Gasteiger partial charge in [0.15, 0.2) is 0 Å². The second-order valence-corrected chi connectivity index (χ2v) is 5.00. The third kappa shape index (κ3) is 3.68. The number of halogens is 1. The van der Waals surface area contributed by atoms with Crippen molar-refractivity contribution in [1.82, 2.24) is 5.43 Å². The molecule has 0 heterocycles. The van der Waals surface area contributed by atoms with E-state index in [1.54, 1.807) is 18.3 Å². The van der Waals surface area contributed by atoms with Crippen molar-refractivity contribution < 1.29 is 4.79 Å². The van der Waals surface area contributed by atoms with E-state index in [4.69, 9.17) is 11.6 Å². The van der Waals surface area contributed by atoms with E-state index in [1.807, 2.05) is 44.2 Å². The van der Waals surface area contributed by atoms with E-state index in [2.05, 4.69) is 10.5 Å². The van der Waals surface area contributed by atoms with Gasteiger partial charge in [0, 0.05) is 0 Å². The minimum Gasteiger partial charge on any atom is -0.267 e. The third-order valence-corrected chi connectivity index (χ3v) is 3.14. The maximum absolute atomic E-state index is 11.9. The minimum atomic E-state index is -0.321. The number of benzene rings is 2. The van der Waals surface area contributed by atoms with E-state index >= 15 is 0 Å². The maximum atomic E-state index is 11.9. The zero-order valence-corrected chi connectivity index (χ0v) is 12.1. The van der Waals surface area contributed by atoms with E-state index < -0.39 is 0 Å². The molecule has 0 fully saturated rings. The molecule has 102 valence electrons. The Kier molecular flexibility index (Phi) is 4.53. The van der Waals surface area contributed by atoms with E-state index in [9.17, 15) is 4.79 Å². The van der Waals surface area contributed by atoms with Crippen LogP contribution in [-0.2, 0) is 0 Å². The summed E-state index contributed by atoms with van der Waals surface area (Å²) in [6.45, 7) is 3.94. The number of hydrogen-bond acceptors (Lipinski definition) is 2. The highest BCUT2D eigenvalue weighted by Gasteiger charge is 2.08. The molecule has 3 nitrogen and oxygen atoms in total. The maximum Gasteiger partial charge on any atom is 0.272 e. The summed E-state index contributed by atoms with van der Waals surface area (Å²) in [5.41, 5.74) is 5.99. The van der Waals surface area contributed by atoms with Gasteiger partial charge in [-0.3, -0.25) is 4.79 Å². The van der Waals surface area contributed by atoms with Gasteiger partial charge in [0.25, 0.3) is 5.91 Å². The molecule has 0 unspecified atom stereocenters. The molecule has 0 spiro atoms. The normalized spacial score (nSPS) is 10.8. The molecule has 20 heavy (non-hydrogen) atoms. The molecular weight excluding hydrogens is 272 g/mol. The monoisotopic (exact) mass is 286 g/mol. The van der Waals surface area contributed by atoms with Crippen LogP contribution in [0.25, 0.3) is 0 Å². The van der Waals surface area contributed by atoms with Crippen molar-refractivity contribution in [3.05, 3.63) is 69.7 Å². The molecule has 0 saturated carbocycles. The van der Waals surface area contributed by atoms with E-state index in [-0.39, 0.29) is 5.91 Å². The lowest BCUT2D eigenvalue weighted by molar-refractivity contribution is 0.0955. The van der Waals surface area contributed by atoms with Crippen LogP contribution in [0, 0.1) is 13.8 Å². The number of nitrogens with zero attached hydrogens (tertiary/aromatic N) is 1. The van der Waals surface area contributed by atoms with Gasteiger partial charge in [-0.1, -0.05) is 47.5 Å². The Labute approximate surface area is 123 Å². The molecule has 0 atom stereocenters. The van der Waals surface area contributed by atoms with Gasteiger partial charge < -0.3 is 0 Å². The average Bonchev–Trinajstić information content (AvgIpc) is 2.41. The van der Waals surface area contributed by atoms with Gasteiger partial charge in [0.2, 0.25) is 0 Å². The molecule has 1 N–H and O–H groups in total. The van der Waals surface area contributed by atoms with Gasteiger partial charge in [-0.2, -0.15) is 5.10 Å². The molecule has 0 bridgehead atoms. The molecule has 0 aliphatic carbocycles. The third-order valence-electron chi connectivity index (χ3n) is 2.83. The lowest BCUT2D eigenvalue weighted by Gasteiger charge is -2.03. The highest BCUT2D eigenvalue weighted by Crippen LogP contribution is 2.17. The molecule has 2 aromatic carbocycles. The van der Waals surface area contributed by atoms with E-state index in [1.165, 1.54) is 5.56 Å². The van der Waals surface area contributed by atoms with Crippen molar-refractivity contribution in [3.8, 4) is 0 Å². The first-order valence-corrected chi connectivity index (χ1v) is 6.60. The molecule has 0 radical (unpaired) electrons. The van der Waals surface area contributed by atoms with Gasteiger partial charge in [0.05, 0.1) is 16.8 Å². The number of amides is 1. The second kappa shape index (κ2) is 6.35. The minimum absolute atomic E-state index is 0.321. The molecule has 0 saturated heterocycles. The molecule has 0 aromatic heterocycles. The van der Waals surface area contributed by atoms with Crippen LogP contribution >= 0.6 is 11.6 Å². The van der Waals surface area contributed by atoms with E-state index in [0.717, 1.165) is 11.1 Å². The summed E-state index contributed by atoms with van der Waals surface area (Å²) in [5, 5.41) is 4.35. The fourth-order valence-corrected chi connectivity index (χ4v) is 2.00. The molecule has 2 rings (SSSR count). The number of hydrazone groups is 1. The number of rotatable bonds is 3. The van der Waals surface area contributed by atoms with Gasteiger partial charge in [0.1, 0.15) is 0 Å². The summed E-state index contributed by atoms with van der Waals surface area (Å²) < 4.78 is 0. The quantitative estimate of drug-likeness (QED) is 0.678. The van der Waals surface area contributed by atoms with Crippen LogP contribution in [0.1, 0.15) is 27.0 Å². The molecule has 2 aromatic rings. The van der Waals surface area contributed by atoms with Crippen LogP contribution in [-0.4, -0.2) is 12.1 Å². The van der Waals surface area contributed by atoms with Crippen LogP contribution in [0.4, 0.5) is 0 Å². The number of carbonyl (C=O) groups is 1. The fraction of sp³-hybridized carbons (Fsp3) is 0.125. The molecule has 4 heteroatoms. The van der Waals surface area contributed by atoms with Crippen LogP contribution in [0.2, 0.25) is 5.02 Å². The first kappa shape index (κ1) is 14.3. The predicted molar refractivity (Wildman–Crippen MR) is 82.4 cm³/mol. The zero-order chi connectivity index (χ0) is 14.5. The number of nitrogens with one attached hydrogen (secondary N) is 1. The largest absolute Gasteiger partial charge is 0.272 e. The Balaban J connectivity index is 2.03. The van der Waals surface area contributed by atoms with Gasteiger partial charge >= 0.3 is 0 Å². The van der Waals surface area contributed by atoms with E-state index in [0.29, 0.717) is 10.6 Å². The Morgan fingerprint density at radius 2 is 1.75 bits per heavy atom. The van der Waals surface area contributed by atoms with Crippen LogP contribution < -0.4 is 5.43 Å². The Morgan fingerprint density at radius 1 is 1.10 bits per heavy atom. The van der Waals surface area contributed by atoms with Crippen LogP contribution in [0.15, 0.2) is 47.6 Å². The van der Waals surface area contributed by atoms with Crippen molar-refractivity contribution in [2.45, 2.75) is 13.8 Å². The van der Waals surface area contributed by atoms with Crippen molar-refractivity contribution in [2.24, 2.45) is 5.10 Å².